The molecule has 2 aromatic carbocycles. The lowest BCUT2D eigenvalue weighted by Crippen LogP contribution is -2.37. The van der Waals surface area contributed by atoms with Gasteiger partial charge in [0.05, 0.1) is 17.5 Å². The number of nitrogen functional groups attached to an aromatic ring is 1. The molecule has 0 bridgehead atoms. The number of benzene rings is 2. The lowest BCUT2D eigenvalue weighted by molar-refractivity contribution is -0.121. The zero-order valence-electron chi connectivity index (χ0n) is 19.1. The highest BCUT2D eigenvalue weighted by atomic mass is 16.5. The van der Waals surface area contributed by atoms with Crippen LogP contribution in [0.25, 0.3) is 22.3 Å². The van der Waals surface area contributed by atoms with Gasteiger partial charge in [-0.3, -0.25) is 4.79 Å². The number of hydrogen-bond donors (Lipinski definition) is 2. The molecule has 4 aromatic rings. The standard InChI is InChI=1S/C26H25N7O2/c27-15-14-22(34)31-18-8-10-19(11-9-18)33-26-23(25(28)29-16-30-26)24(32-33)17-6-12-21(13-7-17)35-20-4-2-1-3-5-20/h1-7,12-13,16,18-19H,8-11,14H2,(H,31,34)(H2,28,29,30)/t18-,19-. The molecule has 0 spiro atoms. The third-order valence-corrected chi connectivity index (χ3v) is 6.27. The van der Waals surface area contributed by atoms with E-state index in [1.54, 1.807) is 0 Å². The van der Waals surface area contributed by atoms with Crippen molar-refractivity contribution in [3.8, 4) is 28.8 Å². The summed E-state index contributed by atoms with van der Waals surface area (Å²) in [4.78, 5) is 20.5. The summed E-state index contributed by atoms with van der Waals surface area (Å²) in [6.45, 7) is 0. The van der Waals surface area contributed by atoms with E-state index in [2.05, 4.69) is 15.3 Å². The molecule has 1 saturated carbocycles. The molecular weight excluding hydrogens is 442 g/mol. The number of carbonyl (C=O) groups is 1. The molecule has 176 valence electrons. The van der Waals surface area contributed by atoms with Crippen molar-refractivity contribution < 1.29 is 9.53 Å². The first-order chi connectivity index (χ1) is 17.1. The summed E-state index contributed by atoms with van der Waals surface area (Å²) in [6.07, 6.45) is 4.64. The maximum absolute atomic E-state index is 11.8. The highest BCUT2D eigenvalue weighted by Crippen LogP contribution is 2.36. The van der Waals surface area contributed by atoms with Gasteiger partial charge in [-0.2, -0.15) is 10.4 Å². The molecule has 35 heavy (non-hydrogen) atoms. The van der Waals surface area contributed by atoms with Crippen LogP contribution in [0.1, 0.15) is 38.1 Å². The first-order valence-electron chi connectivity index (χ1n) is 11.6. The minimum atomic E-state index is -0.219. The number of nitrogens with two attached hydrogens (primary N) is 1. The molecule has 0 radical (unpaired) electrons. The molecular formula is C26H25N7O2. The molecule has 2 aromatic heterocycles. The minimum Gasteiger partial charge on any atom is -0.457 e. The van der Waals surface area contributed by atoms with Crippen LogP contribution < -0.4 is 15.8 Å². The second-order valence-corrected chi connectivity index (χ2v) is 8.60. The average molecular weight is 468 g/mol. The van der Waals surface area contributed by atoms with Gasteiger partial charge >= 0.3 is 0 Å². The number of nitrogens with zero attached hydrogens (tertiary/aromatic N) is 5. The van der Waals surface area contributed by atoms with Crippen molar-refractivity contribution in [2.45, 2.75) is 44.2 Å². The van der Waals surface area contributed by atoms with E-state index in [1.165, 1.54) is 6.33 Å². The van der Waals surface area contributed by atoms with E-state index >= 15 is 0 Å². The molecule has 1 aliphatic rings. The number of ether oxygens (including phenoxy) is 1. The van der Waals surface area contributed by atoms with Gasteiger partial charge in [0, 0.05) is 11.6 Å². The SMILES string of the molecule is N#CCC(=O)N[C@H]1CC[C@H](n2nc(-c3ccc(Oc4ccccc4)cc3)c3c(N)ncnc32)CC1. The Morgan fingerprint density at radius 2 is 1.77 bits per heavy atom. The molecule has 0 saturated heterocycles. The molecule has 2 heterocycles. The maximum Gasteiger partial charge on any atom is 0.234 e. The molecule has 1 amide bonds. The van der Waals surface area contributed by atoms with E-state index < -0.39 is 0 Å². The summed E-state index contributed by atoms with van der Waals surface area (Å²) < 4.78 is 7.86. The maximum atomic E-state index is 11.8. The second kappa shape index (κ2) is 9.81. The number of carbonyl (C=O) groups excluding carboxylic acids is 1. The van der Waals surface area contributed by atoms with Crippen LogP contribution in [0.2, 0.25) is 0 Å². The molecule has 3 N–H and O–H groups in total. The van der Waals surface area contributed by atoms with Crippen LogP contribution in [0.4, 0.5) is 5.82 Å². The number of aromatic nitrogens is 4. The molecule has 0 unspecified atom stereocenters. The number of anilines is 1. The van der Waals surface area contributed by atoms with Crippen molar-refractivity contribution in [2.24, 2.45) is 0 Å². The number of amides is 1. The lowest BCUT2D eigenvalue weighted by atomic mass is 9.91. The van der Waals surface area contributed by atoms with Gasteiger partial charge in [0.2, 0.25) is 5.91 Å². The van der Waals surface area contributed by atoms with Gasteiger partial charge in [-0.25, -0.2) is 14.6 Å². The first-order valence-corrected chi connectivity index (χ1v) is 11.6. The normalized spacial score (nSPS) is 17.6. The molecule has 0 aliphatic heterocycles. The van der Waals surface area contributed by atoms with Crippen LogP contribution in [0, 0.1) is 11.3 Å². The second-order valence-electron chi connectivity index (χ2n) is 8.60. The average Bonchev–Trinajstić information content (AvgIpc) is 3.27. The van der Waals surface area contributed by atoms with Crippen LogP contribution >= 0.6 is 0 Å². The van der Waals surface area contributed by atoms with E-state index in [-0.39, 0.29) is 24.4 Å². The van der Waals surface area contributed by atoms with Gasteiger partial charge in [-0.1, -0.05) is 18.2 Å². The highest BCUT2D eigenvalue weighted by molar-refractivity contribution is 5.98. The largest absolute Gasteiger partial charge is 0.457 e. The van der Waals surface area contributed by atoms with Crippen LogP contribution in [0.15, 0.2) is 60.9 Å². The fourth-order valence-corrected chi connectivity index (χ4v) is 4.57. The Kier molecular flexibility index (Phi) is 6.26. The number of fused-ring (bicyclic) bond motifs is 1. The van der Waals surface area contributed by atoms with E-state index in [9.17, 15) is 4.79 Å². The Hall–Kier alpha value is -4.45. The van der Waals surface area contributed by atoms with Crippen molar-refractivity contribution in [1.29, 1.82) is 5.26 Å². The number of para-hydroxylation sites is 1. The topological polar surface area (TPSA) is 132 Å². The van der Waals surface area contributed by atoms with E-state index in [0.717, 1.165) is 53.8 Å². The number of hydrogen-bond acceptors (Lipinski definition) is 7. The summed E-state index contributed by atoms with van der Waals surface area (Å²) >= 11 is 0. The van der Waals surface area contributed by atoms with E-state index in [0.29, 0.717) is 11.5 Å². The van der Waals surface area contributed by atoms with Crippen molar-refractivity contribution in [1.82, 2.24) is 25.1 Å². The van der Waals surface area contributed by atoms with Crippen molar-refractivity contribution >= 4 is 22.8 Å². The lowest BCUT2D eigenvalue weighted by Gasteiger charge is -2.29. The fraction of sp³-hybridized carbons (Fsp3) is 0.269. The van der Waals surface area contributed by atoms with Crippen LogP contribution in [0.3, 0.4) is 0 Å². The zero-order valence-corrected chi connectivity index (χ0v) is 19.1. The summed E-state index contributed by atoms with van der Waals surface area (Å²) in [7, 11) is 0. The summed E-state index contributed by atoms with van der Waals surface area (Å²) in [5, 5.41) is 17.3. The predicted octanol–water partition coefficient (Wildman–Crippen LogP) is 4.38. The summed E-state index contributed by atoms with van der Waals surface area (Å²) in [5.41, 5.74) is 8.60. The number of nitriles is 1. The van der Waals surface area contributed by atoms with Gasteiger partial charge in [-0.15, -0.1) is 0 Å². The van der Waals surface area contributed by atoms with Crippen molar-refractivity contribution in [2.75, 3.05) is 5.73 Å². The van der Waals surface area contributed by atoms with Crippen LogP contribution in [-0.4, -0.2) is 31.7 Å². The Morgan fingerprint density at radius 1 is 1.06 bits per heavy atom. The van der Waals surface area contributed by atoms with Crippen molar-refractivity contribution in [3.63, 3.8) is 0 Å². The van der Waals surface area contributed by atoms with Crippen LogP contribution in [-0.2, 0) is 4.79 Å². The van der Waals surface area contributed by atoms with Gasteiger partial charge < -0.3 is 15.8 Å². The van der Waals surface area contributed by atoms with Crippen molar-refractivity contribution in [3.05, 3.63) is 60.9 Å². The van der Waals surface area contributed by atoms with Gasteiger partial charge in [0.15, 0.2) is 5.65 Å². The molecule has 1 fully saturated rings. The Morgan fingerprint density at radius 3 is 2.49 bits per heavy atom. The molecule has 5 rings (SSSR count). The Balaban J connectivity index is 1.39. The van der Waals surface area contributed by atoms with Crippen LogP contribution in [0.5, 0.6) is 11.5 Å². The third-order valence-electron chi connectivity index (χ3n) is 6.27. The Labute approximate surface area is 202 Å². The molecule has 0 atom stereocenters. The number of nitrogens with one attached hydrogen (secondary N) is 1. The third kappa shape index (κ3) is 4.77. The minimum absolute atomic E-state index is 0.0743. The summed E-state index contributed by atoms with van der Waals surface area (Å²) in [6, 6.07) is 19.4. The zero-order chi connectivity index (χ0) is 24.2. The first kappa shape index (κ1) is 22.3. The predicted molar refractivity (Wildman–Crippen MR) is 131 cm³/mol. The van der Waals surface area contributed by atoms with Gasteiger partial charge in [-0.05, 0) is 62.1 Å². The monoisotopic (exact) mass is 467 g/mol. The summed E-state index contributed by atoms with van der Waals surface area (Å²) in [5.74, 6) is 1.66. The Bertz CT molecular complexity index is 1370. The van der Waals surface area contributed by atoms with E-state index in [1.807, 2.05) is 65.3 Å². The molecule has 9 nitrogen and oxygen atoms in total. The quantitative estimate of drug-likeness (QED) is 0.430. The number of rotatable bonds is 6. The molecule has 9 heteroatoms. The smallest absolute Gasteiger partial charge is 0.234 e. The highest BCUT2D eigenvalue weighted by Gasteiger charge is 2.27. The van der Waals surface area contributed by atoms with Gasteiger partial charge in [0.1, 0.15) is 35.8 Å². The van der Waals surface area contributed by atoms with Gasteiger partial charge in [0.25, 0.3) is 0 Å². The fourth-order valence-electron chi connectivity index (χ4n) is 4.57. The molecule has 1 aliphatic carbocycles. The van der Waals surface area contributed by atoms with E-state index in [4.69, 9.17) is 20.8 Å².